The normalized spacial score (nSPS) is 15.1. The Bertz CT molecular complexity index is 1340. The molecule has 5 rings (SSSR count). The van der Waals surface area contributed by atoms with Crippen LogP contribution in [0.2, 0.25) is 5.15 Å². The molecule has 7 nitrogen and oxygen atoms in total. The van der Waals surface area contributed by atoms with E-state index in [4.69, 9.17) is 27.2 Å². The molecule has 1 aromatic carbocycles. The van der Waals surface area contributed by atoms with Crippen molar-refractivity contribution in [1.29, 1.82) is 0 Å². The SMILES string of the molecule is CCn1nc(Cl)c2c1-c1cnc(N)c(c1)O[C@H](C)c1cc(C)ccc1-n1nc(C)cc1C2. The van der Waals surface area contributed by atoms with Gasteiger partial charge in [0.2, 0.25) is 0 Å². The third-order valence-corrected chi connectivity index (χ3v) is 6.18. The Hall–Kier alpha value is -3.32. The van der Waals surface area contributed by atoms with E-state index in [2.05, 4.69) is 41.3 Å². The van der Waals surface area contributed by atoms with Crippen molar-refractivity contribution in [3.8, 4) is 22.7 Å². The number of aromatic nitrogens is 5. The average molecular weight is 449 g/mol. The molecule has 0 saturated heterocycles. The quantitative estimate of drug-likeness (QED) is 0.440. The van der Waals surface area contributed by atoms with Crippen molar-refractivity contribution in [1.82, 2.24) is 24.5 Å². The van der Waals surface area contributed by atoms with Crippen LogP contribution in [0.4, 0.5) is 5.82 Å². The van der Waals surface area contributed by atoms with Crippen molar-refractivity contribution in [2.24, 2.45) is 0 Å². The molecular formula is C24H25ClN6O. The topological polar surface area (TPSA) is 83.8 Å². The average Bonchev–Trinajstić information content (AvgIpc) is 3.28. The number of hydrogen-bond acceptors (Lipinski definition) is 5. The van der Waals surface area contributed by atoms with Gasteiger partial charge in [0.25, 0.3) is 0 Å². The number of hydrogen-bond donors (Lipinski definition) is 1. The summed E-state index contributed by atoms with van der Waals surface area (Å²) in [6.07, 6.45) is 2.07. The van der Waals surface area contributed by atoms with E-state index in [0.717, 1.165) is 45.0 Å². The second-order valence-electron chi connectivity index (χ2n) is 8.23. The number of ether oxygens (including phenoxy) is 1. The maximum atomic E-state index is 6.66. The van der Waals surface area contributed by atoms with Crippen LogP contribution < -0.4 is 10.5 Å². The Balaban J connectivity index is 1.84. The van der Waals surface area contributed by atoms with Crippen molar-refractivity contribution in [2.45, 2.75) is 46.8 Å². The molecule has 0 aliphatic carbocycles. The van der Waals surface area contributed by atoms with Gasteiger partial charge >= 0.3 is 0 Å². The van der Waals surface area contributed by atoms with E-state index in [-0.39, 0.29) is 6.10 Å². The van der Waals surface area contributed by atoms with Crippen LogP contribution in [0.1, 0.15) is 48.0 Å². The van der Waals surface area contributed by atoms with Gasteiger partial charge in [-0.25, -0.2) is 9.67 Å². The number of aryl methyl sites for hydroxylation is 3. The van der Waals surface area contributed by atoms with Gasteiger partial charge in [-0.15, -0.1) is 0 Å². The minimum absolute atomic E-state index is 0.264. The zero-order chi connectivity index (χ0) is 22.6. The van der Waals surface area contributed by atoms with Crippen molar-refractivity contribution in [3.05, 3.63) is 69.8 Å². The summed E-state index contributed by atoms with van der Waals surface area (Å²) in [6, 6.07) is 10.3. The molecule has 2 N–H and O–H groups in total. The van der Waals surface area contributed by atoms with E-state index in [9.17, 15) is 0 Å². The summed E-state index contributed by atoms with van der Waals surface area (Å²) in [5, 5.41) is 9.87. The van der Waals surface area contributed by atoms with Crippen LogP contribution in [0.3, 0.4) is 0 Å². The summed E-state index contributed by atoms with van der Waals surface area (Å²) in [4.78, 5) is 4.42. The highest BCUT2D eigenvalue weighted by Gasteiger charge is 2.25. The predicted octanol–water partition coefficient (Wildman–Crippen LogP) is 5.05. The highest BCUT2D eigenvalue weighted by atomic mass is 35.5. The molecule has 1 aliphatic heterocycles. The second-order valence-corrected chi connectivity index (χ2v) is 8.59. The first-order chi connectivity index (χ1) is 15.4. The highest BCUT2D eigenvalue weighted by Crippen LogP contribution is 2.37. The maximum absolute atomic E-state index is 6.66. The van der Waals surface area contributed by atoms with E-state index < -0.39 is 0 Å². The molecule has 0 spiro atoms. The molecule has 4 heterocycles. The molecule has 0 radical (unpaired) electrons. The van der Waals surface area contributed by atoms with Crippen LogP contribution in [0.25, 0.3) is 16.9 Å². The van der Waals surface area contributed by atoms with E-state index in [1.54, 1.807) is 6.20 Å². The van der Waals surface area contributed by atoms with Gasteiger partial charge in [-0.3, -0.25) is 4.68 Å². The lowest BCUT2D eigenvalue weighted by molar-refractivity contribution is 0.227. The third kappa shape index (κ3) is 3.33. The minimum atomic E-state index is -0.264. The molecule has 2 bridgehead atoms. The zero-order valence-electron chi connectivity index (χ0n) is 18.6. The number of nitrogens with two attached hydrogens (primary N) is 1. The van der Waals surface area contributed by atoms with Gasteiger partial charge in [0, 0.05) is 41.5 Å². The van der Waals surface area contributed by atoms with Crippen molar-refractivity contribution in [2.75, 3.05) is 5.73 Å². The highest BCUT2D eigenvalue weighted by molar-refractivity contribution is 6.30. The summed E-state index contributed by atoms with van der Waals surface area (Å²) in [5.74, 6) is 0.878. The summed E-state index contributed by atoms with van der Waals surface area (Å²) in [7, 11) is 0. The number of nitrogen functional groups attached to an aromatic ring is 1. The molecule has 8 heteroatoms. The first-order valence-electron chi connectivity index (χ1n) is 10.7. The Labute approximate surface area is 191 Å². The largest absolute Gasteiger partial charge is 0.482 e. The molecule has 0 unspecified atom stereocenters. The molecule has 1 atom stereocenters. The molecular weight excluding hydrogens is 424 g/mol. The first-order valence-corrected chi connectivity index (χ1v) is 11.1. The number of pyridine rings is 1. The minimum Gasteiger partial charge on any atom is -0.482 e. The van der Waals surface area contributed by atoms with Crippen LogP contribution in [-0.4, -0.2) is 24.5 Å². The van der Waals surface area contributed by atoms with Gasteiger partial charge in [-0.2, -0.15) is 10.2 Å². The standard InChI is InChI=1S/C24H25ClN6O/c1-5-30-22-16-10-21(24(26)27-12-16)32-15(4)18-8-13(2)6-7-20(18)31-17(9-14(3)28-31)11-19(22)23(25)29-30/h6-10,12,15H,5,11H2,1-4H3,(H2,26,27)/t15-/m1/s1. The van der Waals surface area contributed by atoms with Crippen LogP contribution in [0, 0.1) is 13.8 Å². The molecule has 164 valence electrons. The van der Waals surface area contributed by atoms with Gasteiger partial charge in [0.05, 0.1) is 17.1 Å². The first kappa shape index (κ1) is 20.6. The maximum Gasteiger partial charge on any atom is 0.166 e. The van der Waals surface area contributed by atoms with Crippen LogP contribution >= 0.6 is 11.6 Å². The van der Waals surface area contributed by atoms with E-state index in [1.807, 2.05) is 36.2 Å². The van der Waals surface area contributed by atoms with Gasteiger partial charge in [-0.1, -0.05) is 29.3 Å². The number of fused-ring (bicyclic) bond motifs is 7. The molecule has 0 amide bonds. The van der Waals surface area contributed by atoms with E-state index in [1.165, 1.54) is 0 Å². The third-order valence-electron chi connectivity index (χ3n) is 5.87. The molecule has 0 fully saturated rings. The molecule has 0 saturated carbocycles. The van der Waals surface area contributed by atoms with Gasteiger partial charge < -0.3 is 10.5 Å². The van der Waals surface area contributed by atoms with Crippen LogP contribution in [0.15, 0.2) is 36.5 Å². The Morgan fingerprint density at radius 1 is 1.19 bits per heavy atom. The predicted molar refractivity (Wildman–Crippen MR) is 125 cm³/mol. The summed E-state index contributed by atoms with van der Waals surface area (Å²) < 4.78 is 10.3. The van der Waals surface area contributed by atoms with E-state index >= 15 is 0 Å². The fraction of sp³-hybridized carbons (Fsp3) is 0.292. The lowest BCUT2D eigenvalue weighted by Gasteiger charge is -2.22. The fourth-order valence-electron chi connectivity index (χ4n) is 4.37. The van der Waals surface area contributed by atoms with Gasteiger partial charge in [0.1, 0.15) is 6.10 Å². The second kappa shape index (κ2) is 7.67. The summed E-state index contributed by atoms with van der Waals surface area (Å²) in [6.45, 7) is 8.80. The zero-order valence-corrected chi connectivity index (χ0v) is 19.3. The molecule has 4 aromatic rings. The molecule has 3 aromatic heterocycles. The number of halogens is 1. The Morgan fingerprint density at radius 3 is 2.78 bits per heavy atom. The van der Waals surface area contributed by atoms with Crippen LogP contribution in [-0.2, 0) is 13.0 Å². The van der Waals surface area contributed by atoms with Crippen LogP contribution in [0.5, 0.6) is 5.75 Å². The van der Waals surface area contributed by atoms with Crippen molar-refractivity contribution < 1.29 is 4.74 Å². The lowest BCUT2D eigenvalue weighted by atomic mass is 10.0. The lowest BCUT2D eigenvalue weighted by Crippen LogP contribution is -2.13. The smallest absolute Gasteiger partial charge is 0.166 e. The Kier molecular flexibility index (Phi) is 4.93. The monoisotopic (exact) mass is 448 g/mol. The molecule has 1 aliphatic rings. The summed E-state index contributed by atoms with van der Waals surface area (Å²) in [5.41, 5.74) is 14.0. The molecule has 32 heavy (non-hydrogen) atoms. The van der Waals surface area contributed by atoms with E-state index in [0.29, 0.717) is 29.7 Å². The number of benzene rings is 1. The van der Waals surface area contributed by atoms with Crippen molar-refractivity contribution in [3.63, 3.8) is 0 Å². The van der Waals surface area contributed by atoms with Crippen molar-refractivity contribution >= 4 is 17.4 Å². The van der Waals surface area contributed by atoms with Gasteiger partial charge in [0.15, 0.2) is 16.7 Å². The fourth-order valence-corrected chi connectivity index (χ4v) is 4.62. The number of anilines is 1. The number of rotatable bonds is 1. The summed E-state index contributed by atoms with van der Waals surface area (Å²) >= 11 is 6.66. The van der Waals surface area contributed by atoms with Gasteiger partial charge in [-0.05, 0) is 45.9 Å². The number of nitrogens with zero attached hydrogens (tertiary/aromatic N) is 5. The Morgan fingerprint density at radius 2 is 2.00 bits per heavy atom.